The molecular weight excluding hydrogens is 162 g/mol. The summed E-state index contributed by atoms with van der Waals surface area (Å²) in [6, 6.07) is -0.538. The molecule has 12 heavy (non-hydrogen) atoms. The molecule has 4 N–H and O–H groups in total. The van der Waals surface area contributed by atoms with Crippen molar-refractivity contribution in [2.24, 2.45) is 0 Å². The first kappa shape index (κ1) is 9.88. The lowest BCUT2D eigenvalue weighted by atomic mass is 9.97. The van der Waals surface area contributed by atoms with Crippen LogP contribution in [0, 0.1) is 0 Å². The van der Waals surface area contributed by atoms with E-state index in [1.165, 1.54) is 0 Å². The molecule has 5 atom stereocenters. The average molecular weight is 177 g/mol. The lowest BCUT2D eigenvalue weighted by Gasteiger charge is -2.39. The van der Waals surface area contributed by atoms with Crippen LogP contribution in [0.1, 0.15) is 6.92 Å². The highest BCUT2D eigenvalue weighted by Gasteiger charge is 2.40. The Bertz CT molecular complexity index is 140. The zero-order valence-electron chi connectivity index (χ0n) is 7.14. The Morgan fingerprint density at radius 1 is 1.17 bits per heavy atom. The predicted octanol–water partition coefficient (Wildman–Crippen LogP) is -1.97. The van der Waals surface area contributed by atoms with E-state index in [2.05, 4.69) is 5.32 Å². The Labute approximate surface area is 71.0 Å². The van der Waals surface area contributed by atoms with E-state index < -0.39 is 30.6 Å². The molecule has 0 amide bonds. The molecule has 1 aliphatic heterocycles. The van der Waals surface area contributed by atoms with Gasteiger partial charge in [0, 0.05) is 0 Å². The molecule has 5 heteroatoms. The summed E-state index contributed by atoms with van der Waals surface area (Å²) in [4.78, 5) is 0. The number of hydrogen-bond donors (Lipinski definition) is 4. The van der Waals surface area contributed by atoms with E-state index in [1.807, 2.05) is 0 Å². The van der Waals surface area contributed by atoms with Crippen molar-refractivity contribution in [2.45, 2.75) is 37.6 Å². The first-order valence-corrected chi connectivity index (χ1v) is 3.95. The van der Waals surface area contributed by atoms with Crippen molar-refractivity contribution in [3.05, 3.63) is 0 Å². The van der Waals surface area contributed by atoms with Gasteiger partial charge in [0.2, 0.25) is 0 Å². The molecule has 1 rings (SSSR count). The van der Waals surface area contributed by atoms with Gasteiger partial charge >= 0.3 is 0 Å². The molecule has 1 aliphatic rings. The van der Waals surface area contributed by atoms with E-state index in [0.29, 0.717) is 0 Å². The number of rotatable bonds is 1. The zero-order chi connectivity index (χ0) is 9.30. The van der Waals surface area contributed by atoms with E-state index in [1.54, 1.807) is 14.0 Å². The van der Waals surface area contributed by atoms with Crippen LogP contribution in [-0.2, 0) is 4.74 Å². The summed E-state index contributed by atoms with van der Waals surface area (Å²) in [5, 5.41) is 30.7. The SMILES string of the molecule is CN[C@H]1[C@@H](O)[C@H](O)O[C@@H](C)[C@H]1O. The lowest BCUT2D eigenvalue weighted by molar-refractivity contribution is -0.251. The summed E-state index contributed by atoms with van der Waals surface area (Å²) >= 11 is 0. The number of nitrogens with one attached hydrogen (secondary N) is 1. The van der Waals surface area contributed by atoms with Gasteiger partial charge in [0.1, 0.15) is 6.10 Å². The van der Waals surface area contributed by atoms with Crippen LogP contribution in [0.4, 0.5) is 0 Å². The number of aliphatic hydroxyl groups is 3. The van der Waals surface area contributed by atoms with Crippen molar-refractivity contribution in [3.63, 3.8) is 0 Å². The lowest BCUT2D eigenvalue weighted by Crippen LogP contribution is -2.61. The Balaban J connectivity index is 2.67. The van der Waals surface area contributed by atoms with E-state index in [4.69, 9.17) is 9.84 Å². The maximum absolute atomic E-state index is 9.47. The van der Waals surface area contributed by atoms with E-state index in [-0.39, 0.29) is 0 Å². The highest BCUT2D eigenvalue weighted by atomic mass is 16.6. The summed E-state index contributed by atoms with van der Waals surface area (Å²) in [5.41, 5.74) is 0. The maximum atomic E-state index is 9.47. The number of hydrogen-bond acceptors (Lipinski definition) is 5. The van der Waals surface area contributed by atoms with Gasteiger partial charge in [-0.2, -0.15) is 0 Å². The van der Waals surface area contributed by atoms with Crippen molar-refractivity contribution in [1.82, 2.24) is 5.32 Å². The number of likely N-dealkylation sites (N-methyl/N-ethyl adjacent to an activating group) is 1. The van der Waals surface area contributed by atoms with Crippen LogP contribution in [0.2, 0.25) is 0 Å². The van der Waals surface area contributed by atoms with Crippen molar-refractivity contribution in [3.8, 4) is 0 Å². The molecular formula is C7H15NO4. The van der Waals surface area contributed by atoms with E-state index in [9.17, 15) is 10.2 Å². The van der Waals surface area contributed by atoms with Gasteiger partial charge in [-0.1, -0.05) is 0 Å². The smallest absolute Gasteiger partial charge is 0.182 e. The molecule has 0 saturated carbocycles. The summed E-state index contributed by atoms with van der Waals surface area (Å²) in [7, 11) is 1.61. The molecule has 0 aromatic rings. The van der Waals surface area contributed by atoms with Crippen LogP contribution >= 0.6 is 0 Å². The molecule has 0 unspecified atom stereocenters. The van der Waals surface area contributed by atoms with Gasteiger partial charge in [0.05, 0.1) is 18.2 Å². The molecule has 1 saturated heterocycles. The van der Waals surface area contributed by atoms with Gasteiger partial charge in [-0.25, -0.2) is 0 Å². The third-order valence-electron chi connectivity index (χ3n) is 2.20. The van der Waals surface area contributed by atoms with Crippen molar-refractivity contribution in [1.29, 1.82) is 0 Å². The van der Waals surface area contributed by atoms with Gasteiger partial charge in [0.25, 0.3) is 0 Å². The minimum atomic E-state index is -1.22. The molecule has 0 aromatic carbocycles. The van der Waals surface area contributed by atoms with Crippen molar-refractivity contribution >= 4 is 0 Å². The molecule has 5 nitrogen and oxygen atoms in total. The quantitative estimate of drug-likeness (QED) is 0.373. The average Bonchev–Trinajstić information content (AvgIpc) is 2.02. The van der Waals surface area contributed by atoms with Crippen molar-refractivity contribution in [2.75, 3.05) is 7.05 Å². The standard InChI is InChI=1S/C7H15NO4/c1-3-5(9)4(8-2)6(10)7(11)12-3/h3-11H,1-2H3/t3-,4+,5+,6+,7+/m0/s1. The minimum Gasteiger partial charge on any atom is -0.389 e. The van der Waals surface area contributed by atoms with Crippen LogP contribution in [-0.4, -0.2) is 53.0 Å². The molecule has 0 radical (unpaired) electrons. The zero-order valence-corrected chi connectivity index (χ0v) is 7.14. The van der Waals surface area contributed by atoms with Crippen molar-refractivity contribution < 1.29 is 20.1 Å². The number of ether oxygens (including phenoxy) is 1. The van der Waals surface area contributed by atoms with Gasteiger partial charge in [-0.15, -0.1) is 0 Å². The second-order valence-electron chi connectivity index (χ2n) is 3.03. The third-order valence-corrected chi connectivity index (χ3v) is 2.20. The van der Waals surface area contributed by atoms with Crippen LogP contribution in [0.3, 0.4) is 0 Å². The molecule has 72 valence electrons. The van der Waals surface area contributed by atoms with Crippen LogP contribution < -0.4 is 5.32 Å². The Kier molecular flexibility index (Phi) is 3.03. The molecule has 0 spiro atoms. The van der Waals surface area contributed by atoms with E-state index >= 15 is 0 Å². The fourth-order valence-electron chi connectivity index (χ4n) is 1.39. The molecule has 1 heterocycles. The van der Waals surface area contributed by atoms with Gasteiger partial charge in [-0.3, -0.25) is 0 Å². The van der Waals surface area contributed by atoms with Gasteiger partial charge in [-0.05, 0) is 14.0 Å². The Hall–Kier alpha value is -0.200. The minimum absolute atomic E-state index is 0.471. The summed E-state index contributed by atoms with van der Waals surface area (Å²) in [6.07, 6.45) is -3.57. The summed E-state index contributed by atoms with van der Waals surface area (Å²) in [6.45, 7) is 1.64. The highest BCUT2D eigenvalue weighted by Crippen LogP contribution is 2.18. The Morgan fingerprint density at radius 2 is 1.75 bits per heavy atom. The van der Waals surface area contributed by atoms with E-state index in [0.717, 1.165) is 0 Å². The topological polar surface area (TPSA) is 82.0 Å². The van der Waals surface area contributed by atoms with Gasteiger partial charge < -0.3 is 25.4 Å². The first-order valence-electron chi connectivity index (χ1n) is 3.95. The molecule has 0 aliphatic carbocycles. The van der Waals surface area contributed by atoms with Gasteiger partial charge in [0.15, 0.2) is 6.29 Å². The second-order valence-corrected chi connectivity index (χ2v) is 3.03. The fourth-order valence-corrected chi connectivity index (χ4v) is 1.39. The predicted molar refractivity (Wildman–Crippen MR) is 41.4 cm³/mol. The second kappa shape index (κ2) is 3.68. The Morgan fingerprint density at radius 3 is 2.25 bits per heavy atom. The maximum Gasteiger partial charge on any atom is 0.182 e. The van der Waals surface area contributed by atoms with Crippen LogP contribution in [0.5, 0.6) is 0 Å². The third kappa shape index (κ3) is 1.60. The monoisotopic (exact) mass is 177 g/mol. The molecule has 0 bridgehead atoms. The normalized spacial score (nSPS) is 49.2. The fraction of sp³-hybridized carbons (Fsp3) is 1.00. The molecule has 0 aromatic heterocycles. The summed E-state index contributed by atoms with van der Waals surface area (Å²) in [5.74, 6) is 0. The van der Waals surface area contributed by atoms with Crippen LogP contribution in [0.15, 0.2) is 0 Å². The molecule has 1 fully saturated rings. The summed E-state index contributed by atoms with van der Waals surface area (Å²) < 4.78 is 4.86. The first-order chi connectivity index (χ1) is 5.57. The highest BCUT2D eigenvalue weighted by molar-refractivity contribution is 4.91. The number of aliphatic hydroxyl groups excluding tert-OH is 3. The largest absolute Gasteiger partial charge is 0.389 e. The van der Waals surface area contributed by atoms with Crippen LogP contribution in [0.25, 0.3) is 0 Å².